The number of aliphatic hydroxyl groups excluding tert-OH is 1. The van der Waals surface area contributed by atoms with Crippen molar-refractivity contribution >= 4 is 5.91 Å². The molecule has 24 heavy (non-hydrogen) atoms. The second kappa shape index (κ2) is 7.64. The summed E-state index contributed by atoms with van der Waals surface area (Å²) in [5.74, 6) is 0.243. The molecule has 0 radical (unpaired) electrons. The molecule has 0 spiro atoms. The molecule has 1 aliphatic heterocycles. The minimum absolute atomic E-state index is 0.0382. The molecule has 1 aromatic heterocycles. The summed E-state index contributed by atoms with van der Waals surface area (Å²) in [6, 6.07) is 9.72. The topological polar surface area (TPSA) is 63.5 Å². The third kappa shape index (κ3) is 3.68. The lowest BCUT2D eigenvalue weighted by Crippen LogP contribution is -2.35. The molecule has 5 nitrogen and oxygen atoms in total. The second-order valence-corrected chi connectivity index (χ2v) is 6.39. The Labute approximate surface area is 142 Å². The van der Waals surface area contributed by atoms with Crippen LogP contribution >= 0.6 is 0 Å². The number of amides is 1. The molecule has 0 bridgehead atoms. The molecule has 0 saturated carbocycles. The van der Waals surface area contributed by atoms with Crippen LogP contribution in [0.5, 0.6) is 0 Å². The maximum atomic E-state index is 12.7. The van der Waals surface area contributed by atoms with E-state index in [2.05, 4.69) is 5.32 Å². The molecule has 2 aromatic rings. The molecule has 1 aromatic carbocycles. The van der Waals surface area contributed by atoms with Gasteiger partial charge in [-0.05, 0) is 43.5 Å². The van der Waals surface area contributed by atoms with Crippen molar-refractivity contribution in [2.24, 2.45) is 11.8 Å². The van der Waals surface area contributed by atoms with E-state index in [0.717, 1.165) is 24.3 Å². The quantitative estimate of drug-likeness (QED) is 0.854. The summed E-state index contributed by atoms with van der Waals surface area (Å²) in [7, 11) is 0. The van der Waals surface area contributed by atoms with E-state index in [9.17, 15) is 9.90 Å². The Morgan fingerprint density at radius 3 is 2.88 bits per heavy atom. The predicted octanol–water partition coefficient (Wildman–Crippen LogP) is 2.16. The largest absolute Gasteiger partial charge is 0.396 e. The number of carbonyl (C=O) groups excluding carboxylic acids is 1. The van der Waals surface area contributed by atoms with Gasteiger partial charge in [-0.25, -0.2) is 0 Å². The highest BCUT2D eigenvalue weighted by Gasteiger charge is 2.26. The second-order valence-electron chi connectivity index (χ2n) is 6.39. The fourth-order valence-corrected chi connectivity index (χ4v) is 3.18. The van der Waals surface area contributed by atoms with Crippen molar-refractivity contribution in [2.45, 2.75) is 13.3 Å². The molecule has 5 heteroatoms. The summed E-state index contributed by atoms with van der Waals surface area (Å²) in [6.07, 6.45) is 4.79. The zero-order chi connectivity index (χ0) is 16.9. The molecule has 2 heterocycles. The number of hydrogen-bond acceptors (Lipinski definition) is 3. The number of nitrogens with zero attached hydrogens (tertiary/aromatic N) is 1. The van der Waals surface area contributed by atoms with E-state index >= 15 is 0 Å². The van der Waals surface area contributed by atoms with Gasteiger partial charge in [0.2, 0.25) is 0 Å². The van der Waals surface area contributed by atoms with Crippen molar-refractivity contribution in [1.29, 1.82) is 0 Å². The Kier molecular flexibility index (Phi) is 5.33. The Bertz CT molecular complexity index is 676. The number of hydrogen-bond donors (Lipinski definition) is 2. The maximum absolute atomic E-state index is 12.7. The van der Waals surface area contributed by atoms with E-state index in [4.69, 9.17) is 4.74 Å². The van der Waals surface area contributed by atoms with Gasteiger partial charge < -0.3 is 19.7 Å². The van der Waals surface area contributed by atoms with Gasteiger partial charge in [0, 0.05) is 44.7 Å². The summed E-state index contributed by atoms with van der Waals surface area (Å²) in [5.41, 5.74) is 2.54. The zero-order valence-corrected chi connectivity index (χ0v) is 13.9. The van der Waals surface area contributed by atoms with Crippen LogP contribution in [0.3, 0.4) is 0 Å². The lowest BCUT2D eigenvalue weighted by atomic mass is 9.92. The lowest BCUT2D eigenvalue weighted by molar-refractivity contribution is 0.0917. The van der Waals surface area contributed by atoms with Gasteiger partial charge in [-0.2, -0.15) is 0 Å². The first-order chi connectivity index (χ1) is 11.7. The van der Waals surface area contributed by atoms with E-state index in [1.54, 1.807) is 0 Å². The fourth-order valence-electron chi connectivity index (χ4n) is 3.18. The maximum Gasteiger partial charge on any atom is 0.253 e. The van der Waals surface area contributed by atoms with E-state index in [1.807, 2.05) is 54.2 Å². The highest BCUT2D eigenvalue weighted by Crippen LogP contribution is 2.22. The van der Waals surface area contributed by atoms with Crippen LogP contribution in [-0.2, 0) is 4.74 Å². The standard InChI is InChI=1S/C19H24N2O3/c1-14-4-5-18(21-7-2-3-8-21)17(10-14)19(23)20-11-16(12-22)15-6-9-24-13-15/h2-5,7-8,10,15-16,22H,6,9,11-13H2,1H3,(H,20,23)/t15-,16-/m1/s1. The molecule has 1 aliphatic rings. The van der Waals surface area contributed by atoms with E-state index in [-0.39, 0.29) is 18.4 Å². The van der Waals surface area contributed by atoms with Crippen LogP contribution in [0.25, 0.3) is 5.69 Å². The van der Waals surface area contributed by atoms with Crippen LogP contribution in [0, 0.1) is 18.8 Å². The van der Waals surface area contributed by atoms with E-state index in [1.165, 1.54) is 0 Å². The number of benzene rings is 1. The Morgan fingerprint density at radius 1 is 1.42 bits per heavy atom. The monoisotopic (exact) mass is 328 g/mol. The van der Waals surface area contributed by atoms with Crippen LogP contribution in [0.15, 0.2) is 42.7 Å². The molecule has 128 valence electrons. The number of nitrogens with one attached hydrogen (secondary N) is 1. The number of aromatic nitrogens is 1. The van der Waals surface area contributed by atoms with Gasteiger partial charge in [-0.15, -0.1) is 0 Å². The highest BCUT2D eigenvalue weighted by molar-refractivity contribution is 5.98. The first kappa shape index (κ1) is 16.7. The number of ether oxygens (including phenoxy) is 1. The first-order valence-corrected chi connectivity index (χ1v) is 8.40. The molecule has 1 saturated heterocycles. The number of aryl methyl sites for hydroxylation is 1. The summed E-state index contributed by atoms with van der Waals surface area (Å²) in [5, 5.41) is 12.6. The number of carbonyl (C=O) groups is 1. The molecule has 3 rings (SSSR count). The third-order valence-corrected chi connectivity index (χ3v) is 4.67. The van der Waals surface area contributed by atoms with Crippen molar-refractivity contribution < 1.29 is 14.6 Å². The molecule has 2 N–H and O–H groups in total. The molecule has 0 aliphatic carbocycles. The molecule has 1 amide bonds. The van der Waals surface area contributed by atoms with Gasteiger partial charge in [0.15, 0.2) is 0 Å². The van der Waals surface area contributed by atoms with Gasteiger partial charge in [0.1, 0.15) is 0 Å². The summed E-state index contributed by atoms with van der Waals surface area (Å²) in [4.78, 5) is 12.7. The number of rotatable bonds is 6. The predicted molar refractivity (Wildman–Crippen MR) is 92.3 cm³/mol. The minimum atomic E-state index is -0.111. The lowest BCUT2D eigenvalue weighted by Gasteiger charge is -2.21. The molecule has 0 unspecified atom stereocenters. The minimum Gasteiger partial charge on any atom is -0.396 e. The zero-order valence-electron chi connectivity index (χ0n) is 13.9. The molecule has 1 fully saturated rings. The molecule has 2 atom stereocenters. The Balaban J connectivity index is 1.73. The molecular formula is C19H24N2O3. The summed E-state index contributed by atoms with van der Waals surface area (Å²) in [6.45, 7) is 3.91. The summed E-state index contributed by atoms with van der Waals surface area (Å²) >= 11 is 0. The van der Waals surface area contributed by atoms with Crippen LogP contribution in [0.4, 0.5) is 0 Å². The Hall–Kier alpha value is -2.11. The van der Waals surface area contributed by atoms with Gasteiger partial charge >= 0.3 is 0 Å². The van der Waals surface area contributed by atoms with Crippen molar-refractivity contribution in [3.8, 4) is 5.69 Å². The van der Waals surface area contributed by atoms with Crippen LogP contribution in [0.2, 0.25) is 0 Å². The van der Waals surface area contributed by atoms with Crippen LogP contribution in [0.1, 0.15) is 22.3 Å². The smallest absolute Gasteiger partial charge is 0.253 e. The van der Waals surface area contributed by atoms with Gasteiger partial charge in [0.25, 0.3) is 5.91 Å². The SMILES string of the molecule is Cc1ccc(-n2cccc2)c(C(=O)NC[C@H](CO)[C@@H]2CCOC2)c1. The average Bonchev–Trinajstić information content (AvgIpc) is 3.29. The van der Waals surface area contributed by atoms with Gasteiger partial charge in [-0.1, -0.05) is 11.6 Å². The van der Waals surface area contributed by atoms with Crippen LogP contribution in [-0.4, -0.2) is 41.9 Å². The van der Waals surface area contributed by atoms with Crippen molar-refractivity contribution in [1.82, 2.24) is 9.88 Å². The summed E-state index contributed by atoms with van der Waals surface area (Å²) < 4.78 is 7.32. The average molecular weight is 328 g/mol. The third-order valence-electron chi connectivity index (χ3n) is 4.67. The van der Waals surface area contributed by atoms with Gasteiger partial charge in [0.05, 0.1) is 11.3 Å². The van der Waals surface area contributed by atoms with Gasteiger partial charge in [-0.3, -0.25) is 4.79 Å². The van der Waals surface area contributed by atoms with Crippen molar-refractivity contribution in [3.05, 3.63) is 53.9 Å². The molecular weight excluding hydrogens is 304 g/mol. The Morgan fingerprint density at radius 2 is 2.21 bits per heavy atom. The van der Waals surface area contributed by atoms with Crippen molar-refractivity contribution in [3.63, 3.8) is 0 Å². The van der Waals surface area contributed by atoms with E-state index < -0.39 is 0 Å². The first-order valence-electron chi connectivity index (χ1n) is 8.40. The van der Waals surface area contributed by atoms with E-state index in [0.29, 0.717) is 24.6 Å². The highest BCUT2D eigenvalue weighted by atomic mass is 16.5. The fraction of sp³-hybridized carbons (Fsp3) is 0.421. The normalized spacial score (nSPS) is 18.5. The number of aliphatic hydroxyl groups is 1. The van der Waals surface area contributed by atoms with Crippen LogP contribution < -0.4 is 5.32 Å². The van der Waals surface area contributed by atoms with Crippen molar-refractivity contribution in [2.75, 3.05) is 26.4 Å².